The van der Waals surface area contributed by atoms with Crippen molar-refractivity contribution in [2.75, 3.05) is 11.4 Å². The van der Waals surface area contributed by atoms with Gasteiger partial charge < -0.3 is 9.80 Å². The molecule has 29 heavy (non-hydrogen) atoms. The zero-order valence-corrected chi connectivity index (χ0v) is 17.3. The van der Waals surface area contributed by atoms with Crippen LogP contribution in [0.25, 0.3) is 0 Å². The Morgan fingerprint density at radius 3 is 2.52 bits per heavy atom. The van der Waals surface area contributed by atoms with Gasteiger partial charge in [0.05, 0.1) is 12.2 Å². The third-order valence-electron chi connectivity index (χ3n) is 5.88. The maximum atomic E-state index is 13.9. The Balaban J connectivity index is 1.60. The second kappa shape index (κ2) is 6.33. The number of amides is 2. The van der Waals surface area contributed by atoms with Crippen LogP contribution in [-0.2, 0) is 21.0 Å². The van der Waals surface area contributed by atoms with E-state index in [4.69, 9.17) is 0 Å². The normalized spacial score (nSPS) is 25.0. The molecule has 0 radical (unpaired) electrons. The van der Waals surface area contributed by atoms with Gasteiger partial charge in [-0.05, 0) is 50.5 Å². The summed E-state index contributed by atoms with van der Waals surface area (Å²) >= 11 is 1.58. The molecule has 1 atom stereocenters. The molecular formula is C23H23FN2O2S. The molecule has 1 spiro atoms. The quantitative estimate of drug-likeness (QED) is 0.758. The molecule has 3 aliphatic rings. The highest BCUT2D eigenvalue weighted by Gasteiger charge is 2.64. The summed E-state index contributed by atoms with van der Waals surface area (Å²) in [5, 5.41) is 0. The Kier molecular flexibility index (Phi) is 4.07. The van der Waals surface area contributed by atoms with Crippen molar-refractivity contribution in [3.63, 3.8) is 0 Å². The zero-order chi connectivity index (χ0) is 20.4. The van der Waals surface area contributed by atoms with E-state index in [0.717, 1.165) is 29.7 Å². The van der Waals surface area contributed by atoms with Crippen LogP contribution in [0.3, 0.4) is 0 Å². The van der Waals surface area contributed by atoms with Crippen molar-refractivity contribution < 1.29 is 14.0 Å². The van der Waals surface area contributed by atoms with E-state index >= 15 is 0 Å². The van der Waals surface area contributed by atoms with Gasteiger partial charge in [-0.15, -0.1) is 11.8 Å². The highest BCUT2D eigenvalue weighted by atomic mass is 32.2. The minimum absolute atomic E-state index is 0.0486. The van der Waals surface area contributed by atoms with E-state index in [0.29, 0.717) is 13.1 Å². The van der Waals surface area contributed by atoms with Gasteiger partial charge in [0.15, 0.2) is 4.87 Å². The molecule has 4 nitrogen and oxygen atoms in total. The molecular weight excluding hydrogens is 387 g/mol. The van der Waals surface area contributed by atoms with Crippen molar-refractivity contribution in [1.29, 1.82) is 0 Å². The van der Waals surface area contributed by atoms with Crippen LogP contribution in [0.4, 0.5) is 10.1 Å². The van der Waals surface area contributed by atoms with Gasteiger partial charge in [0.1, 0.15) is 5.82 Å². The highest BCUT2D eigenvalue weighted by Crippen LogP contribution is 2.60. The molecule has 6 heteroatoms. The molecule has 2 aromatic carbocycles. The summed E-state index contributed by atoms with van der Waals surface area (Å²) in [6.07, 6.45) is 1.82. The first-order valence-electron chi connectivity index (χ1n) is 9.99. The van der Waals surface area contributed by atoms with Gasteiger partial charge in [-0.25, -0.2) is 4.39 Å². The van der Waals surface area contributed by atoms with E-state index in [1.807, 2.05) is 29.2 Å². The number of hydrogen-bond donors (Lipinski definition) is 0. The molecule has 2 heterocycles. The second-order valence-electron chi connectivity index (χ2n) is 8.74. The van der Waals surface area contributed by atoms with Crippen molar-refractivity contribution in [3.05, 3.63) is 65.5 Å². The van der Waals surface area contributed by atoms with Crippen molar-refractivity contribution in [2.24, 2.45) is 5.92 Å². The first kappa shape index (κ1) is 18.7. The molecule has 5 rings (SSSR count). The number of carbonyl (C=O) groups is 2. The van der Waals surface area contributed by atoms with E-state index in [2.05, 4.69) is 13.8 Å². The summed E-state index contributed by atoms with van der Waals surface area (Å²) in [6, 6.07) is 14.0. The first-order valence-corrected chi connectivity index (χ1v) is 10.8. The summed E-state index contributed by atoms with van der Waals surface area (Å²) in [6.45, 7) is 5.10. The van der Waals surface area contributed by atoms with E-state index in [1.165, 1.54) is 12.1 Å². The number of nitrogens with zero attached hydrogens (tertiary/aromatic N) is 2. The van der Waals surface area contributed by atoms with Gasteiger partial charge in [0.2, 0.25) is 5.91 Å². The third-order valence-corrected chi connectivity index (χ3v) is 7.48. The van der Waals surface area contributed by atoms with Crippen LogP contribution in [0.2, 0.25) is 0 Å². The number of carbonyl (C=O) groups excluding carboxylic acids is 2. The zero-order valence-electron chi connectivity index (χ0n) is 16.5. The number of fused-ring (bicyclic) bond motifs is 2. The van der Waals surface area contributed by atoms with Crippen LogP contribution in [0.5, 0.6) is 0 Å². The fourth-order valence-electron chi connectivity index (χ4n) is 4.46. The Morgan fingerprint density at radius 1 is 1.14 bits per heavy atom. The Labute approximate surface area is 174 Å². The molecule has 2 fully saturated rings. The van der Waals surface area contributed by atoms with Crippen LogP contribution in [-0.4, -0.2) is 28.0 Å². The van der Waals surface area contributed by atoms with Crippen LogP contribution in [0.1, 0.15) is 37.8 Å². The minimum atomic E-state index is -1.01. The van der Waals surface area contributed by atoms with Crippen LogP contribution < -0.4 is 4.90 Å². The van der Waals surface area contributed by atoms with Gasteiger partial charge in [-0.1, -0.05) is 30.3 Å². The van der Waals surface area contributed by atoms with Crippen molar-refractivity contribution in [1.82, 2.24) is 4.90 Å². The van der Waals surface area contributed by atoms with E-state index in [-0.39, 0.29) is 28.3 Å². The van der Waals surface area contributed by atoms with Crippen LogP contribution >= 0.6 is 11.8 Å². The summed E-state index contributed by atoms with van der Waals surface area (Å²) in [5.41, 5.74) is 2.58. The second-order valence-corrected chi connectivity index (χ2v) is 10.6. The minimum Gasteiger partial charge on any atom is -0.314 e. The van der Waals surface area contributed by atoms with E-state index in [1.54, 1.807) is 28.8 Å². The number of thioether (sulfide) groups is 1. The summed E-state index contributed by atoms with van der Waals surface area (Å²) in [7, 11) is 0. The fourth-order valence-corrected chi connectivity index (χ4v) is 6.19. The van der Waals surface area contributed by atoms with Crippen LogP contribution in [0.15, 0.2) is 48.5 Å². The average molecular weight is 411 g/mol. The maximum absolute atomic E-state index is 13.9. The molecule has 1 aliphatic carbocycles. The van der Waals surface area contributed by atoms with Crippen molar-refractivity contribution >= 4 is 29.3 Å². The predicted octanol–water partition coefficient (Wildman–Crippen LogP) is 4.29. The first-order chi connectivity index (χ1) is 13.8. The smallest absolute Gasteiger partial charge is 0.268 e. The maximum Gasteiger partial charge on any atom is 0.268 e. The average Bonchev–Trinajstić information content (AvgIpc) is 3.47. The number of hydrogen-bond acceptors (Lipinski definition) is 3. The van der Waals surface area contributed by atoms with E-state index < -0.39 is 4.87 Å². The topological polar surface area (TPSA) is 40.6 Å². The predicted molar refractivity (Wildman–Crippen MR) is 112 cm³/mol. The number of anilines is 1. The van der Waals surface area contributed by atoms with Crippen LogP contribution in [0, 0.1) is 11.7 Å². The SMILES string of the molecule is CC1(C)CN(C(=O)C2CC2)[C@@]2(S1)C(=O)N(Cc1ccc(F)cc1)c1ccccc12. The van der Waals surface area contributed by atoms with Gasteiger partial charge in [0.25, 0.3) is 5.91 Å². The Hall–Kier alpha value is -2.34. The lowest BCUT2D eigenvalue weighted by Gasteiger charge is -2.33. The highest BCUT2D eigenvalue weighted by molar-refractivity contribution is 8.02. The Morgan fingerprint density at radius 2 is 1.83 bits per heavy atom. The third kappa shape index (κ3) is 2.88. The van der Waals surface area contributed by atoms with Gasteiger partial charge in [0, 0.05) is 22.8 Å². The largest absolute Gasteiger partial charge is 0.314 e. The van der Waals surface area contributed by atoms with E-state index in [9.17, 15) is 14.0 Å². The van der Waals surface area contributed by atoms with Gasteiger partial charge in [-0.3, -0.25) is 9.59 Å². The number of para-hydroxylation sites is 1. The molecule has 0 N–H and O–H groups in total. The number of benzene rings is 2. The molecule has 2 amide bonds. The summed E-state index contributed by atoms with van der Waals surface area (Å²) < 4.78 is 13.1. The molecule has 150 valence electrons. The van der Waals surface area contributed by atoms with Gasteiger partial charge in [-0.2, -0.15) is 0 Å². The molecule has 0 aromatic heterocycles. The summed E-state index contributed by atoms with van der Waals surface area (Å²) in [5.74, 6) is -0.234. The standard InChI is InChI=1S/C23H23FN2O2S/c1-22(2)14-26(20(27)16-9-10-16)23(29-22)18-5-3-4-6-19(18)25(21(23)28)13-15-7-11-17(24)12-8-15/h3-8,11-12,16H,9-10,13-14H2,1-2H3/t23-/m0/s1. The van der Waals surface area contributed by atoms with Crippen molar-refractivity contribution in [2.45, 2.75) is 42.9 Å². The van der Waals surface area contributed by atoms with Gasteiger partial charge >= 0.3 is 0 Å². The number of rotatable bonds is 3. The summed E-state index contributed by atoms with van der Waals surface area (Å²) in [4.78, 5) is 29.7. The van der Waals surface area contributed by atoms with Crippen molar-refractivity contribution in [3.8, 4) is 0 Å². The lowest BCUT2D eigenvalue weighted by Crippen LogP contribution is -2.50. The lowest BCUT2D eigenvalue weighted by atomic mass is 10.0. The Bertz CT molecular complexity index is 1000. The fraction of sp³-hybridized carbons (Fsp3) is 0.391. The molecule has 1 saturated heterocycles. The molecule has 0 unspecified atom stereocenters. The monoisotopic (exact) mass is 410 g/mol. The molecule has 1 saturated carbocycles. The number of halogens is 1. The molecule has 2 aliphatic heterocycles. The molecule has 0 bridgehead atoms. The lowest BCUT2D eigenvalue weighted by molar-refractivity contribution is -0.141. The molecule has 2 aromatic rings.